The largest absolute Gasteiger partial charge is 0.356 e. The lowest BCUT2D eigenvalue weighted by Gasteiger charge is -2.37. The van der Waals surface area contributed by atoms with Crippen LogP contribution in [0.15, 0.2) is 22.5 Å². The van der Waals surface area contributed by atoms with Crippen LogP contribution in [0.3, 0.4) is 0 Å². The van der Waals surface area contributed by atoms with Crippen LogP contribution in [0, 0.1) is 5.92 Å². The average Bonchev–Trinajstić information content (AvgIpc) is 3.16. The standard InChI is InChI=1S/C18H31N5O2S2/c1-19-18(20-14-16-5-7-23(8-6-16)27(2,24)25)22-11-9-21(10-12-22)15-17-4-3-13-26-17/h3-4,13,16H,5-12,14-15H2,1-2H3,(H,19,20). The molecule has 2 aliphatic rings. The summed E-state index contributed by atoms with van der Waals surface area (Å²) in [6.07, 6.45) is 3.11. The van der Waals surface area contributed by atoms with Gasteiger partial charge in [0.1, 0.15) is 0 Å². The van der Waals surface area contributed by atoms with Crippen LogP contribution in [-0.4, -0.2) is 87.6 Å². The molecular weight excluding hydrogens is 382 g/mol. The summed E-state index contributed by atoms with van der Waals surface area (Å²) in [5.41, 5.74) is 0. The van der Waals surface area contributed by atoms with Gasteiger partial charge >= 0.3 is 0 Å². The topological polar surface area (TPSA) is 68.2 Å². The third kappa shape index (κ3) is 5.91. The summed E-state index contributed by atoms with van der Waals surface area (Å²) >= 11 is 1.82. The molecule has 0 spiro atoms. The molecule has 0 saturated carbocycles. The van der Waals surface area contributed by atoms with Crippen molar-refractivity contribution in [3.63, 3.8) is 0 Å². The van der Waals surface area contributed by atoms with Crippen molar-refractivity contribution in [2.45, 2.75) is 19.4 Å². The van der Waals surface area contributed by atoms with Gasteiger partial charge in [-0.1, -0.05) is 6.07 Å². The van der Waals surface area contributed by atoms with E-state index in [0.717, 1.165) is 58.1 Å². The Kier molecular flexibility index (Phi) is 7.13. The first-order chi connectivity index (χ1) is 13.0. The molecule has 3 heterocycles. The summed E-state index contributed by atoms with van der Waals surface area (Å²) in [5, 5.41) is 5.65. The maximum Gasteiger partial charge on any atom is 0.211 e. The smallest absolute Gasteiger partial charge is 0.211 e. The number of guanidine groups is 1. The third-order valence-electron chi connectivity index (χ3n) is 5.43. The quantitative estimate of drug-likeness (QED) is 0.579. The number of nitrogens with zero attached hydrogens (tertiary/aromatic N) is 4. The lowest BCUT2D eigenvalue weighted by Crippen LogP contribution is -2.53. The number of piperazine rings is 1. The minimum Gasteiger partial charge on any atom is -0.356 e. The summed E-state index contributed by atoms with van der Waals surface area (Å²) in [7, 11) is -1.21. The van der Waals surface area contributed by atoms with Crippen LogP contribution in [-0.2, 0) is 16.6 Å². The summed E-state index contributed by atoms with van der Waals surface area (Å²) in [5.74, 6) is 1.47. The lowest BCUT2D eigenvalue weighted by molar-refractivity contribution is 0.173. The molecule has 1 aromatic rings. The predicted octanol–water partition coefficient (Wildman–Crippen LogP) is 1.11. The fraction of sp³-hybridized carbons (Fsp3) is 0.722. The zero-order valence-corrected chi connectivity index (χ0v) is 17.9. The molecule has 0 bridgehead atoms. The third-order valence-corrected chi connectivity index (χ3v) is 7.60. The van der Waals surface area contributed by atoms with Gasteiger partial charge in [0.15, 0.2) is 5.96 Å². The van der Waals surface area contributed by atoms with Crippen molar-refractivity contribution < 1.29 is 8.42 Å². The van der Waals surface area contributed by atoms with Crippen LogP contribution < -0.4 is 5.32 Å². The van der Waals surface area contributed by atoms with E-state index >= 15 is 0 Å². The van der Waals surface area contributed by atoms with Crippen LogP contribution in [0.1, 0.15) is 17.7 Å². The van der Waals surface area contributed by atoms with E-state index in [4.69, 9.17) is 0 Å². The Morgan fingerprint density at radius 1 is 1.22 bits per heavy atom. The van der Waals surface area contributed by atoms with Gasteiger partial charge in [0.2, 0.25) is 10.0 Å². The Morgan fingerprint density at radius 3 is 2.48 bits per heavy atom. The van der Waals surface area contributed by atoms with E-state index in [1.807, 2.05) is 18.4 Å². The second-order valence-electron chi connectivity index (χ2n) is 7.38. The molecule has 3 rings (SSSR count). The van der Waals surface area contributed by atoms with Gasteiger partial charge in [0.05, 0.1) is 6.26 Å². The number of thiophene rings is 1. The minimum atomic E-state index is -3.05. The Hall–Kier alpha value is -1.16. The fourth-order valence-corrected chi connectivity index (χ4v) is 5.37. The number of sulfonamides is 1. The number of hydrogen-bond acceptors (Lipinski definition) is 5. The van der Waals surface area contributed by atoms with E-state index < -0.39 is 10.0 Å². The molecule has 1 N–H and O–H groups in total. The Bertz CT molecular complexity index is 704. The van der Waals surface area contributed by atoms with Gasteiger partial charge in [-0.3, -0.25) is 9.89 Å². The van der Waals surface area contributed by atoms with Gasteiger partial charge in [-0.05, 0) is 30.2 Å². The van der Waals surface area contributed by atoms with Crippen molar-refractivity contribution in [3.05, 3.63) is 22.4 Å². The van der Waals surface area contributed by atoms with Gasteiger partial charge < -0.3 is 10.2 Å². The molecule has 0 aromatic carbocycles. The van der Waals surface area contributed by atoms with E-state index in [-0.39, 0.29) is 0 Å². The van der Waals surface area contributed by atoms with E-state index in [2.05, 4.69) is 37.6 Å². The van der Waals surface area contributed by atoms with Crippen LogP contribution in [0.4, 0.5) is 0 Å². The molecule has 1 aromatic heterocycles. The SMILES string of the molecule is CN=C(NCC1CCN(S(C)(=O)=O)CC1)N1CCN(Cc2cccs2)CC1. The minimum absolute atomic E-state index is 0.500. The normalized spacial score (nSPS) is 21.6. The van der Waals surface area contributed by atoms with Crippen molar-refractivity contribution in [1.82, 2.24) is 19.4 Å². The van der Waals surface area contributed by atoms with Crippen molar-refractivity contribution in [2.24, 2.45) is 10.9 Å². The molecule has 2 aliphatic heterocycles. The highest BCUT2D eigenvalue weighted by Gasteiger charge is 2.26. The number of aliphatic imine (C=N–C) groups is 1. The van der Waals surface area contributed by atoms with Gasteiger partial charge in [-0.25, -0.2) is 12.7 Å². The number of piperidine rings is 1. The second kappa shape index (κ2) is 9.36. The molecule has 7 nitrogen and oxygen atoms in total. The predicted molar refractivity (Wildman–Crippen MR) is 112 cm³/mol. The number of rotatable bonds is 5. The molecule has 152 valence electrons. The van der Waals surface area contributed by atoms with Crippen LogP contribution in [0.2, 0.25) is 0 Å². The zero-order chi connectivity index (χ0) is 19.3. The summed E-state index contributed by atoms with van der Waals surface area (Å²) in [4.78, 5) is 10.7. The van der Waals surface area contributed by atoms with Crippen LogP contribution in [0.5, 0.6) is 0 Å². The highest BCUT2D eigenvalue weighted by atomic mass is 32.2. The van der Waals surface area contributed by atoms with Gasteiger partial charge in [-0.2, -0.15) is 0 Å². The first-order valence-corrected chi connectivity index (χ1v) is 12.3. The zero-order valence-electron chi connectivity index (χ0n) is 16.3. The molecular formula is C18H31N5O2S2. The maximum absolute atomic E-state index is 11.6. The Balaban J connectivity index is 1.40. The van der Waals surface area contributed by atoms with E-state index in [0.29, 0.717) is 19.0 Å². The number of hydrogen-bond donors (Lipinski definition) is 1. The highest BCUT2D eigenvalue weighted by molar-refractivity contribution is 7.88. The maximum atomic E-state index is 11.6. The van der Waals surface area contributed by atoms with E-state index in [1.165, 1.54) is 11.1 Å². The molecule has 0 aliphatic carbocycles. The summed E-state index contributed by atoms with van der Waals surface area (Å²) in [6, 6.07) is 4.31. The molecule has 2 saturated heterocycles. The number of nitrogens with one attached hydrogen (secondary N) is 1. The van der Waals surface area contributed by atoms with Crippen molar-refractivity contribution in [1.29, 1.82) is 0 Å². The summed E-state index contributed by atoms with van der Waals surface area (Å²) in [6.45, 7) is 7.22. The molecule has 0 atom stereocenters. The van der Waals surface area contributed by atoms with Gasteiger partial charge in [-0.15, -0.1) is 11.3 Å². The van der Waals surface area contributed by atoms with Gasteiger partial charge in [0.25, 0.3) is 0 Å². The molecule has 0 amide bonds. The molecule has 9 heteroatoms. The Labute approximate surface area is 167 Å². The fourth-order valence-electron chi connectivity index (χ4n) is 3.75. The van der Waals surface area contributed by atoms with Crippen molar-refractivity contribution in [3.8, 4) is 0 Å². The lowest BCUT2D eigenvalue weighted by atomic mass is 9.98. The average molecular weight is 414 g/mol. The highest BCUT2D eigenvalue weighted by Crippen LogP contribution is 2.18. The van der Waals surface area contributed by atoms with Gasteiger partial charge in [0, 0.05) is 64.3 Å². The van der Waals surface area contributed by atoms with Crippen molar-refractivity contribution >= 4 is 27.3 Å². The second-order valence-corrected chi connectivity index (χ2v) is 10.4. The van der Waals surface area contributed by atoms with E-state index in [1.54, 1.807) is 4.31 Å². The molecule has 0 radical (unpaired) electrons. The van der Waals surface area contributed by atoms with E-state index in [9.17, 15) is 8.42 Å². The first kappa shape index (κ1) is 20.6. The Morgan fingerprint density at radius 2 is 1.93 bits per heavy atom. The van der Waals surface area contributed by atoms with Crippen molar-refractivity contribution in [2.75, 3.05) is 59.1 Å². The molecule has 2 fully saturated rings. The molecule has 27 heavy (non-hydrogen) atoms. The molecule has 0 unspecified atom stereocenters. The van der Waals surface area contributed by atoms with Crippen LogP contribution in [0.25, 0.3) is 0 Å². The monoisotopic (exact) mass is 413 g/mol. The van der Waals surface area contributed by atoms with Crippen LogP contribution >= 0.6 is 11.3 Å². The first-order valence-electron chi connectivity index (χ1n) is 9.61. The summed E-state index contributed by atoms with van der Waals surface area (Å²) < 4.78 is 24.8.